The third-order valence-corrected chi connectivity index (χ3v) is 2.86. The Hall–Kier alpha value is -0.690. The first kappa shape index (κ1) is 17.3. The fourth-order valence-electron chi connectivity index (χ4n) is 1.31. The molecule has 0 fully saturated rings. The van der Waals surface area contributed by atoms with Crippen LogP contribution in [0.1, 0.15) is 32.6 Å². The van der Waals surface area contributed by atoms with Crippen molar-refractivity contribution in [1.29, 1.82) is 0 Å². The van der Waals surface area contributed by atoms with Gasteiger partial charge in [0.2, 0.25) is 11.8 Å². The lowest BCUT2D eigenvalue weighted by atomic mass is 10.2. The van der Waals surface area contributed by atoms with E-state index in [0.29, 0.717) is 12.7 Å². The van der Waals surface area contributed by atoms with E-state index in [0.717, 1.165) is 19.3 Å². The van der Waals surface area contributed by atoms with Crippen molar-refractivity contribution in [3.63, 3.8) is 0 Å². The average Bonchev–Trinajstić information content (AvgIpc) is 2.33. The minimum atomic E-state index is -0.842. The zero-order valence-corrected chi connectivity index (χ0v) is 12.2. The number of thiol groups is 2. The summed E-state index contributed by atoms with van der Waals surface area (Å²) in [5.74, 6) is -0.663. The summed E-state index contributed by atoms with van der Waals surface area (Å²) < 4.78 is -0.619. The summed E-state index contributed by atoms with van der Waals surface area (Å²) in [4.78, 5) is 33.4. The molecule has 7 heteroatoms. The van der Waals surface area contributed by atoms with Crippen LogP contribution in [0.15, 0.2) is 0 Å². The molecular formula is C11H20N2O3S2. The highest BCUT2D eigenvalue weighted by Gasteiger charge is 2.24. The van der Waals surface area contributed by atoms with Crippen LogP contribution in [-0.4, -0.2) is 35.3 Å². The molecule has 0 aliphatic carbocycles. The predicted molar refractivity (Wildman–Crippen MR) is 76.9 cm³/mol. The van der Waals surface area contributed by atoms with Crippen molar-refractivity contribution in [3.8, 4) is 0 Å². The highest BCUT2D eigenvalue weighted by Crippen LogP contribution is 2.08. The molecule has 2 amide bonds. The number of carbonyl (C=O) groups excluding carboxylic acids is 3. The minimum absolute atomic E-state index is 0.0880. The van der Waals surface area contributed by atoms with Crippen molar-refractivity contribution >= 4 is 43.4 Å². The lowest BCUT2D eigenvalue weighted by Gasteiger charge is -2.20. The van der Waals surface area contributed by atoms with Crippen molar-refractivity contribution in [3.05, 3.63) is 0 Å². The lowest BCUT2D eigenvalue weighted by molar-refractivity contribution is -0.129. The minimum Gasteiger partial charge on any atom is -0.347 e. The second kappa shape index (κ2) is 10.3. The van der Waals surface area contributed by atoms with Crippen LogP contribution in [0.3, 0.4) is 0 Å². The van der Waals surface area contributed by atoms with Crippen LogP contribution in [-0.2, 0) is 14.4 Å². The predicted octanol–water partition coefficient (Wildman–Crippen LogP) is 0.552. The molecule has 0 radical (unpaired) electrons. The van der Waals surface area contributed by atoms with Gasteiger partial charge in [-0.15, -0.1) is 0 Å². The maximum absolute atomic E-state index is 11.6. The summed E-state index contributed by atoms with van der Waals surface area (Å²) in [6.07, 6.45) is 3.73. The van der Waals surface area contributed by atoms with Gasteiger partial charge in [-0.2, -0.15) is 25.3 Å². The van der Waals surface area contributed by atoms with Gasteiger partial charge in [-0.05, 0) is 6.42 Å². The first-order valence-electron chi connectivity index (χ1n) is 5.89. The number of rotatable bonds is 9. The van der Waals surface area contributed by atoms with Crippen LogP contribution < -0.4 is 10.6 Å². The monoisotopic (exact) mass is 292 g/mol. The van der Waals surface area contributed by atoms with E-state index in [1.807, 2.05) is 6.92 Å². The highest BCUT2D eigenvalue weighted by atomic mass is 32.2. The molecule has 0 saturated carbocycles. The summed E-state index contributed by atoms with van der Waals surface area (Å²) in [6, 6.07) is -0.842. The van der Waals surface area contributed by atoms with E-state index in [1.165, 1.54) is 0 Å². The average molecular weight is 292 g/mol. The summed E-state index contributed by atoms with van der Waals surface area (Å²) in [5.41, 5.74) is 0. The molecule has 0 spiro atoms. The maximum Gasteiger partial charge on any atom is 0.244 e. The Morgan fingerprint density at radius 1 is 1.28 bits per heavy atom. The normalized spacial score (nSPS) is 12.0. The molecule has 5 nitrogen and oxygen atoms in total. The van der Waals surface area contributed by atoms with E-state index in [-0.39, 0.29) is 12.5 Å². The van der Waals surface area contributed by atoms with Gasteiger partial charge >= 0.3 is 0 Å². The maximum atomic E-state index is 11.6. The molecule has 0 bridgehead atoms. The van der Waals surface area contributed by atoms with Crippen molar-refractivity contribution in [2.75, 3.05) is 6.54 Å². The fraction of sp³-hybridized carbons (Fsp3) is 0.727. The fourth-order valence-corrected chi connectivity index (χ4v) is 1.73. The molecule has 0 heterocycles. The Kier molecular flexibility index (Phi) is 9.86. The third kappa shape index (κ3) is 7.60. The van der Waals surface area contributed by atoms with Gasteiger partial charge < -0.3 is 15.4 Å². The molecule has 0 aliphatic rings. The molecule has 1 unspecified atom stereocenters. The SMILES string of the molecule is CCCCCC(=O)NC(C(=O)NCC=O)C(S)S. The zero-order chi connectivity index (χ0) is 14.0. The molecule has 0 aromatic rings. The van der Waals surface area contributed by atoms with E-state index in [1.54, 1.807) is 0 Å². The molecular weight excluding hydrogens is 272 g/mol. The van der Waals surface area contributed by atoms with Crippen molar-refractivity contribution in [2.24, 2.45) is 0 Å². The number of hydrogen-bond acceptors (Lipinski definition) is 5. The topological polar surface area (TPSA) is 75.3 Å². The second-order valence-corrected chi connectivity index (χ2v) is 5.35. The van der Waals surface area contributed by atoms with Gasteiger partial charge in [0.25, 0.3) is 0 Å². The van der Waals surface area contributed by atoms with Crippen LogP contribution in [0.5, 0.6) is 0 Å². The highest BCUT2D eigenvalue weighted by molar-refractivity contribution is 7.99. The molecule has 2 N–H and O–H groups in total. The third-order valence-electron chi connectivity index (χ3n) is 2.26. The standard InChI is InChI=1S/C11H20N2O3S2/c1-2-3-4-5-8(15)13-9(11(17)18)10(16)12-6-7-14/h7,9,11,17-18H,2-6H2,1H3,(H,12,16)(H,13,15). The summed E-state index contributed by atoms with van der Waals surface area (Å²) in [5, 5.41) is 4.93. The summed E-state index contributed by atoms with van der Waals surface area (Å²) in [6.45, 7) is 1.96. The van der Waals surface area contributed by atoms with Crippen molar-refractivity contribution in [2.45, 2.75) is 43.2 Å². The van der Waals surface area contributed by atoms with E-state index in [2.05, 4.69) is 35.9 Å². The van der Waals surface area contributed by atoms with Crippen molar-refractivity contribution in [1.82, 2.24) is 10.6 Å². The van der Waals surface area contributed by atoms with Gasteiger partial charge in [-0.25, -0.2) is 0 Å². The van der Waals surface area contributed by atoms with Crippen LogP contribution in [0.2, 0.25) is 0 Å². The van der Waals surface area contributed by atoms with Gasteiger partial charge in [-0.3, -0.25) is 9.59 Å². The Labute approximate surface area is 118 Å². The van der Waals surface area contributed by atoms with Gasteiger partial charge in [0.05, 0.1) is 11.1 Å². The number of carbonyl (C=O) groups is 3. The Bertz CT molecular complexity index is 285. The van der Waals surface area contributed by atoms with Crippen LogP contribution >= 0.6 is 25.3 Å². The summed E-state index contributed by atoms with van der Waals surface area (Å²) in [7, 11) is 0. The Morgan fingerprint density at radius 3 is 2.44 bits per heavy atom. The van der Waals surface area contributed by atoms with Gasteiger partial charge in [0, 0.05) is 6.42 Å². The van der Waals surface area contributed by atoms with Crippen LogP contribution in [0.4, 0.5) is 0 Å². The molecule has 0 aromatic carbocycles. The molecule has 104 valence electrons. The van der Waals surface area contributed by atoms with Gasteiger partial charge in [-0.1, -0.05) is 19.8 Å². The van der Waals surface area contributed by atoms with Gasteiger partial charge in [0.15, 0.2) is 0 Å². The number of nitrogens with one attached hydrogen (secondary N) is 2. The molecule has 0 aliphatic heterocycles. The van der Waals surface area contributed by atoms with Gasteiger partial charge in [0.1, 0.15) is 12.3 Å². The van der Waals surface area contributed by atoms with E-state index >= 15 is 0 Å². The number of unbranched alkanes of at least 4 members (excludes halogenated alkanes) is 2. The molecule has 18 heavy (non-hydrogen) atoms. The number of aldehydes is 1. The molecule has 0 saturated heterocycles. The van der Waals surface area contributed by atoms with E-state index in [4.69, 9.17) is 0 Å². The number of amides is 2. The summed E-state index contributed by atoms with van der Waals surface area (Å²) >= 11 is 8.08. The Morgan fingerprint density at radius 2 is 1.94 bits per heavy atom. The first-order chi connectivity index (χ1) is 8.52. The van der Waals surface area contributed by atoms with Crippen molar-refractivity contribution < 1.29 is 14.4 Å². The zero-order valence-electron chi connectivity index (χ0n) is 10.4. The second-order valence-electron chi connectivity index (χ2n) is 3.83. The Balaban J connectivity index is 4.21. The van der Waals surface area contributed by atoms with Crippen LogP contribution in [0.25, 0.3) is 0 Å². The van der Waals surface area contributed by atoms with E-state index < -0.39 is 16.5 Å². The smallest absolute Gasteiger partial charge is 0.244 e. The number of hydrogen-bond donors (Lipinski definition) is 4. The quantitative estimate of drug-likeness (QED) is 0.217. The molecule has 0 rings (SSSR count). The lowest BCUT2D eigenvalue weighted by Crippen LogP contribution is -2.50. The molecule has 1 atom stereocenters. The largest absolute Gasteiger partial charge is 0.347 e. The van der Waals surface area contributed by atoms with E-state index in [9.17, 15) is 14.4 Å². The molecule has 0 aromatic heterocycles. The van der Waals surface area contributed by atoms with Crippen LogP contribution in [0, 0.1) is 0 Å². The first-order valence-corrected chi connectivity index (χ1v) is 6.93.